The molecule has 2 N–H and O–H groups in total. The van der Waals surface area contributed by atoms with E-state index in [9.17, 15) is 0 Å². The molecular weight excluding hydrogens is 174 g/mol. The molecule has 0 atom stereocenters. The Hall–Kier alpha value is -1.25. The molecular formula is C11H19N3. The van der Waals surface area contributed by atoms with Crippen LogP contribution in [0.1, 0.15) is 32.9 Å². The maximum atomic E-state index is 5.71. The second-order valence-corrected chi connectivity index (χ2v) is 3.96. The predicted molar refractivity (Wildman–Crippen MR) is 60.0 cm³/mol. The fourth-order valence-electron chi connectivity index (χ4n) is 1.18. The van der Waals surface area contributed by atoms with Crippen molar-refractivity contribution in [2.45, 2.75) is 40.7 Å². The monoisotopic (exact) mass is 193 g/mol. The first-order valence-electron chi connectivity index (χ1n) is 4.93. The number of hydrogen-bond donors (Lipinski definition) is 1. The Bertz CT molecular complexity index is 324. The molecule has 0 amide bonds. The van der Waals surface area contributed by atoms with E-state index < -0.39 is 0 Å². The first-order chi connectivity index (χ1) is 6.50. The van der Waals surface area contributed by atoms with Gasteiger partial charge in [-0.1, -0.05) is 11.1 Å². The first-order valence-corrected chi connectivity index (χ1v) is 4.93. The molecule has 0 unspecified atom stereocenters. The number of nitrogens with zero attached hydrogens (tertiary/aromatic N) is 2. The number of hydrogen-bond acceptors (Lipinski definition) is 2. The number of nitrogens with two attached hydrogens (primary N) is 1. The molecule has 1 rings (SSSR count). The molecule has 0 fully saturated rings. The van der Waals surface area contributed by atoms with Crippen molar-refractivity contribution in [3.63, 3.8) is 0 Å². The molecule has 1 aromatic heterocycles. The molecule has 14 heavy (non-hydrogen) atoms. The van der Waals surface area contributed by atoms with E-state index in [1.165, 1.54) is 11.1 Å². The SMILES string of the molecule is CC(C)=C(C)CCn1cc(N)c(C)n1. The lowest BCUT2D eigenvalue weighted by atomic mass is 10.1. The molecule has 0 aliphatic rings. The Balaban J connectivity index is 2.59. The van der Waals surface area contributed by atoms with Gasteiger partial charge in [0.1, 0.15) is 0 Å². The largest absolute Gasteiger partial charge is 0.396 e. The number of rotatable bonds is 3. The molecule has 1 heterocycles. The molecule has 3 heteroatoms. The minimum atomic E-state index is 0.778. The van der Waals surface area contributed by atoms with Gasteiger partial charge in [0.05, 0.1) is 11.4 Å². The lowest BCUT2D eigenvalue weighted by Crippen LogP contribution is -1.99. The zero-order valence-corrected chi connectivity index (χ0v) is 9.46. The highest BCUT2D eigenvalue weighted by molar-refractivity contribution is 5.39. The first kappa shape index (κ1) is 10.8. The molecule has 78 valence electrons. The van der Waals surface area contributed by atoms with E-state index in [0.29, 0.717) is 0 Å². The van der Waals surface area contributed by atoms with Gasteiger partial charge in [-0.05, 0) is 34.1 Å². The van der Waals surface area contributed by atoms with Crippen LogP contribution in [-0.4, -0.2) is 9.78 Å². The van der Waals surface area contributed by atoms with Gasteiger partial charge in [0.25, 0.3) is 0 Å². The molecule has 1 aromatic rings. The number of nitrogen functional groups attached to an aromatic ring is 1. The van der Waals surface area contributed by atoms with Gasteiger partial charge in [0.15, 0.2) is 0 Å². The van der Waals surface area contributed by atoms with Crippen LogP contribution < -0.4 is 5.73 Å². The van der Waals surface area contributed by atoms with Gasteiger partial charge in [0, 0.05) is 12.7 Å². The van der Waals surface area contributed by atoms with Crippen molar-refractivity contribution in [3.05, 3.63) is 23.0 Å². The fourth-order valence-corrected chi connectivity index (χ4v) is 1.18. The smallest absolute Gasteiger partial charge is 0.0822 e. The van der Waals surface area contributed by atoms with Crippen LogP contribution in [0.3, 0.4) is 0 Å². The molecule has 0 saturated carbocycles. The summed E-state index contributed by atoms with van der Waals surface area (Å²) in [4.78, 5) is 0. The van der Waals surface area contributed by atoms with Crippen molar-refractivity contribution in [3.8, 4) is 0 Å². The summed E-state index contributed by atoms with van der Waals surface area (Å²) in [5.41, 5.74) is 10.2. The number of aromatic nitrogens is 2. The van der Waals surface area contributed by atoms with E-state index in [4.69, 9.17) is 5.73 Å². The van der Waals surface area contributed by atoms with Crippen LogP contribution in [0.25, 0.3) is 0 Å². The summed E-state index contributed by atoms with van der Waals surface area (Å²) >= 11 is 0. The third-order valence-electron chi connectivity index (χ3n) is 2.55. The molecule has 0 aromatic carbocycles. The van der Waals surface area contributed by atoms with E-state index >= 15 is 0 Å². The number of allylic oxidation sites excluding steroid dienone is 2. The highest BCUT2D eigenvalue weighted by Gasteiger charge is 2.00. The van der Waals surface area contributed by atoms with Gasteiger partial charge in [-0.2, -0.15) is 5.10 Å². The quantitative estimate of drug-likeness (QED) is 0.750. The van der Waals surface area contributed by atoms with E-state index in [1.807, 2.05) is 17.8 Å². The van der Waals surface area contributed by atoms with Crippen molar-refractivity contribution in [1.29, 1.82) is 0 Å². The lowest BCUT2D eigenvalue weighted by molar-refractivity contribution is 0.605. The van der Waals surface area contributed by atoms with Gasteiger partial charge in [-0.25, -0.2) is 0 Å². The Kier molecular flexibility index (Phi) is 3.33. The molecule has 3 nitrogen and oxygen atoms in total. The van der Waals surface area contributed by atoms with Crippen LogP contribution in [0.15, 0.2) is 17.3 Å². The third-order valence-corrected chi connectivity index (χ3v) is 2.55. The lowest BCUT2D eigenvalue weighted by Gasteiger charge is -2.03. The van der Waals surface area contributed by atoms with Crippen molar-refractivity contribution >= 4 is 5.69 Å². The second kappa shape index (κ2) is 4.31. The minimum Gasteiger partial charge on any atom is -0.396 e. The average Bonchev–Trinajstić information content (AvgIpc) is 2.42. The topological polar surface area (TPSA) is 43.8 Å². The number of aryl methyl sites for hydroxylation is 2. The van der Waals surface area contributed by atoms with Crippen LogP contribution in [0.5, 0.6) is 0 Å². The fraction of sp³-hybridized carbons (Fsp3) is 0.545. The molecule has 0 aliphatic heterocycles. The van der Waals surface area contributed by atoms with Crippen molar-refractivity contribution < 1.29 is 0 Å². The van der Waals surface area contributed by atoms with Gasteiger partial charge < -0.3 is 5.73 Å². The van der Waals surface area contributed by atoms with E-state index in [0.717, 1.165) is 24.3 Å². The summed E-state index contributed by atoms with van der Waals surface area (Å²) in [6, 6.07) is 0. The summed E-state index contributed by atoms with van der Waals surface area (Å²) in [5, 5.41) is 4.31. The van der Waals surface area contributed by atoms with E-state index in [-0.39, 0.29) is 0 Å². The van der Waals surface area contributed by atoms with Crippen LogP contribution in [-0.2, 0) is 6.54 Å². The van der Waals surface area contributed by atoms with Crippen LogP contribution in [0.2, 0.25) is 0 Å². The van der Waals surface area contributed by atoms with Crippen molar-refractivity contribution in [2.24, 2.45) is 0 Å². The predicted octanol–water partition coefficient (Wildman–Crippen LogP) is 2.52. The maximum absolute atomic E-state index is 5.71. The van der Waals surface area contributed by atoms with Crippen molar-refractivity contribution in [2.75, 3.05) is 5.73 Å². The Morgan fingerprint density at radius 1 is 1.43 bits per heavy atom. The van der Waals surface area contributed by atoms with Gasteiger partial charge in [-0.15, -0.1) is 0 Å². The summed E-state index contributed by atoms with van der Waals surface area (Å²) in [6.07, 6.45) is 2.94. The van der Waals surface area contributed by atoms with Crippen LogP contribution in [0.4, 0.5) is 5.69 Å². The Labute approximate surface area is 85.6 Å². The maximum Gasteiger partial charge on any atom is 0.0822 e. The van der Waals surface area contributed by atoms with E-state index in [2.05, 4.69) is 25.9 Å². The van der Waals surface area contributed by atoms with Crippen LogP contribution in [0, 0.1) is 6.92 Å². The van der Waals surface area contributed by atoms with Gasteiger partial charge in [-0.3, -0.25) is 4.68 Å². The number of anilines is 1. The average molecular weight is 193 g/mol. The summed E-state index contributed by atoms with van der Waals surface area (Å²) in [6.45, 7) is 9.28. The summed E-state index contributed by atoms with van der Waals surface area (Å²) < 4.78 is 1.91. The molecule has 0 saturated heterocycles. The Morgan fingerprint density at radius 2 is 2.07 bits per heavy atom. The van der Waals surface area contributed by atoms with E-state index in [1.54, 1.807) is 0 Å². The third kappa shape index (κ3) is 2.62. The second-order valence-electron chi connectivity index (χ2n) is 3.96. The minimum absolute atomic E-state index is 0.778. The Morgan fingerprint density at radius 3 is 2.50 bits per heavy atom. The summed E-state index contributed by atoms with van der Waals surface area (Å²) in [5.74, 6) is 0. The highest BCUT2D eigenvalue weighted by Crippen LogP contribution is 2.11. The molecule has 0 spiro atoms. The zero-order valence-electron chi connectivity index (χ0n) is 9.46. The summed E-state index contributed by atoms with van der Waals surface area (Å²) in [7, 11) is 0. The zero-order chi connectivity index (χ0) is 10.7. The van der Waals surface area contributed by atoms with Gasteiger partial charge in [0.2, 0.25) is 0 Å². The molecule has 0 bridgehead atoms. The van der Waals surface area contributed by atoms with Crippen LogP contribution >= 0.6 is 0 Å². The standard InChI is InChI=1S/C11H19N3/c1-8(2)9(3)5-6-14-7-11(12)10(4)13-14/h7H,5-6,12H2,1-4H3. The molecule has 0 aliphatic carbocycles. The van der Waals surface area contributed by atoms with Gasteiger partial charge >= 0.3 is 0 Å². The normalized spacial score (nSPS) is 10.3. The molecule has 0 radical (unpaired) electrons. The van der Waals surface area contributed by atoms with Crippen molar-refractivity contribution in [1.82, 2.24) is 9.78 Å². The highest BCUT2D eigenvalue weighted by atomic mass is 15.3.